The quantitative estimate of drug-likeness (QED) is 0.639. The van der Waals surface area contributed by atoms with Crippen molar-refractivity contribution in [3.63, 3.8) is 0 Å². The Kier molecular flexibility index (Phi) is 5.92. The number of ether oxygens (including phenoxy) is 1. The summed E-state index contributed by atoms with van der Waals surface area (Å²) in [6.45, 7) is 5.88. The number of alkyl halides is 3. The summed E-state index contributed by atoms with van der Waals surface area (Å²) in [6, 6.07) is 4.48. The van der Waals surface area contributed by atoms with Crippen LogP contribution in [0.4, 0.5) is 13.2 Å². The highest BCUT2D eigenvalue weighted by Crippen LogP contribution is 2.31. The summed E-state index contributed by atoms with van der Waals surface area (Å²) in [5, 5.41) is 4.40. The minimum Gasteiger partial charge on any atom is -0.461 e. The summed E-state index contributed by atoms with van der Waals surface area (Å²) in [6.07, 6.45) is -3.81. The zero-order valence-corrected chi connectivity index (χ0v) is 15.6. The van der Waals surface area contributed by atoms with Crippen molar-refractivity contribution in [1.29, 1.82) is 0 Å². The predicted octanol–water partition coefficient (Wildman–Crippen LogP) is 5.03. The van der Waals surface area contributed by atoms with Crippen LogP contribution in [0.25, 0.3) is 5.69 Å². The Balaban J connectivity index is 2.53. The Hall–Kier alpha value is -1.83. The second-order valence-corrected chi connectivity index (χ2v) is 6.68. The van der Waals surface area contributed by atoms with Crippen LogP contribution in [0.5, 0.6) is 0 Å². The molecule has 0 spiro atoms. The molecule has 25 heavy (non-hydrogen) atoms. The lowest BCUT2D eigenvalue weighted by Crippen LogP contribution is -2.13. The van der Waals surface area contributed by atoms with E-state index in [4.69, 9.17) is 4.74 Å². The minimum atomic E-state index is -4.42. The molecule has 0 bridgehead atoms. The van der Waals surface area contributed by atoms with Gasteiger partial charge >= 0.3 is 12.1 Å². The Labute approximate surface area is 152 Å². The molecule has 0 N–H and O–H groups in total. The Morgan fingerprint density at radius 3 is 2.36 bits per heavy atom. The summed E-state index contributed by atoms with van der Waals surface area (Å²) < 4.78 is 45.1. The van der Waals surface area contributed by atoms with Crippen LogP contribution < -0.4 is 0 Å². The smallest absolute Gasteiger partial charge is 0.416 e. The average molecular weight is 419 g/mol. The van der Waals surface area contributed by atoms with Crippen molar-refractivity contribution < 1.29 is 22.7 Å². The molecule has 1 heterocycles. The maximum Gasteiger partial charge on any atom is 0.416 e. The van der Waals surface area contributed by atoms with Gasteiger partial charge in [0, 0.05) is 0 Å². The maximum absolute atomic E-state index is 12.7. The Bertz CT molecular complexity index is 752. The summed E-state index contributed by atoms with van der Waals surface area (Å²) in [5.41, 5.74) is 0.407. The molecule has 136 valence electrons. The van der Waals surface area contributed by atoms with E-state index in [2.05, 4.69) is 21.0 Å². The van der Waals surface area contributed by atoms with Gasteiger partial charge in [-0.25, -0.2) is 9.48 Å². The highest BCUT2D eigenvalue weighted by molar-refractivity contribution is 9.10. The predicted molar refractivity (Wildman–Crippen MR) is 90.8 cm³/mol. The van der Waals surface area contributed by atoms with E-state index in [1.165, 1.54) is 16.8 Å². The van der Waals surface area contributed by atoms with E-state index in [-0.39, 0.29) is 12.3 Å². The van der Waals surface area contributed by atoms with Crippen molar-refractivity contribution in [1.82, 2.24) is 9.78 Å². The van der Waals surface area contributed by atoms with Crippen LogP contribution in [0.15, 0.2) is 28.7 Å². The van der Waals surface area contributed by atoms with Gasteiger partial charge in [0.15, 0.2) is 5.69 Å². The molecule has 2 aromatic rings. The van der Waals surface area contributed by atoms with Crippen LogP contribution in [0.1, 0.15) is 42.5 Å². The molecular formula is C17H18BrF3N2O2. The molecule has 0 unspecified atom stereocenters. The van der Waals surface area contributed by atoms with Crippen molar-refractivity contribution in [3.8, 4) is 5.69 Å². The zero-order valence-electron chi connectivity index (χ0n) is 14.0. The first-order valence-corrected chi connectivity index (χ1v) is 8.56. The molecule has 1 aromatic carbocycles. The van der Waals surface area contributed by atoms with Gasteiger partial charge in [0.2, 0.25) is 0 Å². The number of nitrogens with zero attached hydrogens (tertiary/aromatic N) is 2. The second-order valence-electron chi connectivity index (χ2n) is 5.88. The molecule has 2 rings (SSSR count). The standard InChI is InChI=1S/C17H18BrF3N2O2/c1-4-25-16(24)15-14(18)13(9-10(2)3)22-23(15)12-7-5-11(6-8-12)17(19,20)21/h5-8,10H,4,9H2,1-3H3. The molecule has 0 saturated heterocycles. The van der Waals surface area contributed by atoms with E-state index < -0.39 is 17.7 Å². The number of hydrogen-bond acceptors (Lipinski definition) is 3. The lowest BCUT2D eigenvalue weighted by Gasteiger charge is -2.10. The van der Waals surface area contributed by atoms with Crippen molar-refractivity contribution in [3.05, 3.63) is 45.7 Å². The van der Waals surface area contributed by atoms with Crippen LogP contribution in [0.2, 0.25) is 0 Å². The Morgan fingerprint density at radius 2 is 1.88 bits per heavy atom. The van der Waals surface area contributed by atoms with Gasteiger partial charge in [-0.3, -0.25) is 0 Å². The maximum atomic E-state index is 12.7. The van der Waals surface area contributed by atoms with Crippen LogP contribution in [-0.4, -0.2) is 22.4 Å². The molecule has 0 amide bonds. The minimum absolute atomic E-state index is 0.164. The number of halogens is 4. The highest BCUT2D eigenvalue weighted by atomic mass is 79.9. The van der Waals surface area contributed by atoms with Gasteiger partial charge in [-0.2, -0.15) is 18.3 Å². The van der Waals surface area contributed by atoms with Crippen LogP contribution in [0.3, 0.4) is 0 Å². The van der Waals surface area contributed by atoms with Crippen molar-refractivity contribution in [2.75, 3.05) is 6.61 Å². The lowest BCUT2D eigenvalue weighted by atomic mass is 10.1. The third kappa shape index (κ3) is 4.42. The van der Waals surface area contributed by atoms with Crippen LogP contribution >= 0.6 is 15.9 Å². The van der Waals surface area contributed by atoms with E-state index in [0.29, 0.717) is 28.2 Å². The number of carbonyl (C=O) groups is 1. The Morgan fingerprint density at radius 1 is 1.28 bits per heavy atom. The average Bonchev–Trinajstić information content (AvgIpc) is 2.83. The number of benzene rings is 1. The van der Waals surface area contributed by atoms with Gasteiger partial charge in [-0.1, -0.05) is 13.8 Å². The van der Waals surface area contributed by atoms with E-state index in [1.54, 1.807) is 6.92 Å². The SMILES string of the molecule is CCOC(=O)c1c(Br)c(CC(C)C)nn1-c1ccc(C(F)(F)F)cc1. The fourth-order valence-electron chi connectivity index (χ4n) is 2.32. The first-order valence-electron chi connectivity index (χ1n) is 7.77. The largest absolute Gasteiger partial charge is 0.461 e. The van der Waals surface area contributed by atoms with Gasteiger partial charge in [0.25, 0.3) is 0 Å². The van der Waals surface area contributed by atoms with Gasteiger partial charge < -0.3 is 4.74 Å². The second kappa shape index (κ2) is 7.59. The van der Waals surface area contributed by atoms with Crippen molar-refractivity contribution in [2.45, 2.75) is 33.4 Å². The number of carbonyl (C=O) groups excluding carboxylic acids is 1. The summed E-state index contributed by atoms with van der Waals surface area (Å²) in [7, 11) is 0. The zero-order chi connectivity index (χ0) is 18.8. The molecular weight excluding hydrogens is 401 g/mol. The van der Waals surface area contributed by atoms with E-state index in [0.717, 1.165) is 12.1 Å². The molecule has 0 radical (unpaired) electrons. The number of aromatic nitrogens is 2. The summed E-state index contributed by atoms with van der Waals surface area (Å²) in [5.74, 6) is -0.293. The van der Waals surface area contributed by atoms with Crippen LogP contribution in [0, 0.1) is 5.92 Å². The van der Waals surface area contributed by atoms with E-state index in [9.17, 15) is 18.0 Å². The lowest BCUT2D eigenvalue weighted by molar-refractivity contribution is -0.137. The molecule has 0 fully saturated rings. The topological polar surface area (TPSA) is 44.1 Å². The van der Waals surface area contributed by atoms with Crippen molar-refractivity contribution in [2.24, 2.45) is 5.92 Å². The summed E-state index contributed by atoms with van der Waals surface area (Å²) in [4.78, 5) is 12.3. The number of hydrogen-bond donors (Lipinski definition) is 0. The molecule has 4 nitrogen and oxygen atoms in total. The fraction of sp³-hybridized carbons (Fsp3) is 0.412. The first-order chi connectivity index (χ1) is 11.6. The van der Waals surface area contributed by atoms with Gasteiger partial charge in [-0.05, 0) is 59.5 Å². The molecule has 0 saturated carbocycles. The molecule has 1 aromatic heterocycles. The number of esters is 1. The molecule has 0 aliphatic carbocycles. The van der Waals surface area contributed by atoms with E-state index in [1.807, 2.05) is 13.8 Å². The molecule has 8 heteroatoms. The van der Waals surface area contributed by atoms with Gasteiger partial charge in [0.1, 0.15) is 0 Å². The third-order valence-corrected chi connectivity index (χ3v) is 4.24. The normalized spacial score (nSPS) is 11.8. The van der Waals surface area contributed by atoms with E-state index >= 15 is 0 Å². The first kappa shape index (κ1) is 19.5. The molecule has 0 atom stereocenters. The van der Waals surface area contributed by atoms with Crippen molar-refractivity contribution >= 4 is 21.9 Å². The van der Waals surface area contributed by atoms with Gasteiger partial charge in [-0.15, -0.1) is 0 Å². The fourth-order valence-corrected chi connectivity index (χ4v) is 2.89. The molecule has 0 aliphatic heterocycles. The number of rotatable bonds is 5. The van der Waals surface area contributed by atoms with Gasteiger partial charge in [0.05, 0.1) is 28.0 Å². The summed E-state index contributed by atoms with van der Waals surface area (Å²) >= 11 is 3.38. The monoisotopic (exact) mass is 418 g/mol. The van der Waals surface area contributed by atoms with Crippen LogP contribution in [-0.2, 0) is 17.3 Å². The molecule has 0 aliphatic rings. The highest BCUT2D eigenvalue weighted by Gasteiger charge is 2.30. The third-order valence-electron chi connectivity index (χ3n) is 3.40.